The lowest BCUT2D eigenvalue weighted by Gasteiger charge is -2.38. The highest BCUT2D eigenvalue weighted by atomic mass is 16.1. The Kier molecular flexibility index (Phi) is 1.47. The van der Waals surface area contributed by atoms with Crippen LogP contribution in [0.25, 0.3) is 0 Å². The van der Waals surface area contributed by atoms with Crippen molar-refractivity contribution < 1.29 is 4.79 Å². The van der Waals surface area contributed by atoms with Crippen molar-refractivity contribution >= 4 is 5.78 Å². The van der Waals surface area contributed by atoms with Crippen LogP contribution in [0.4, 0.5) is 0 Å². The summed E-state index contributed by atoms with van der Waals surface area (Å²) in [6, 6.07) is 0. The fourth-order valence-corrected chi connectivity index (χ4v) is 3.80. The molecule has 0 saturated heterocycles. The molecular weight excluding hydrogens is 160 g/mol. The number of Topliss-reactive ketones (excluding diaryl/α,β-unsaturated/α-hetero) is 1. The minimum absolute atomic E-state index is 0.380. The Hall–Kier alpha value is -0.590. The van der Waals surface area contributed by atoms with Crippen LogP contribution < -0.4 is 0 Å². The van der Waals surface area contributed by atoms with Crippen LogP contribution in [0.2, 0.25) is 0 Å². The molecule has 0 N–H and O–H groups in total. The second kappa shape index (κ2) is 2.46. The molecule has 3 rings (SSSR count). The topological polar surface area (TPSA) is 17.1 Å². The van der Waals surface area contributed by atoms with Crippen LogP contribution in [-0.2, 0) is 4.79 Å². The summed E-state index contributed by atoms with van der Waals surface area (Å²) in [5, 5.41) is 0. The number of carbonyl (C=O) groups excluding carboxylic acids is 1. The van der Waals surface area contributed by atoms with Crippen LogP contribution in [0.15, 0.2) is 12.2 Å². The lowest BCUT2D eigenvalue weighted by atomic mass is 9.65. The van der Waals surface area contributed by atoms with Crippen molar-refractivity contribution in [1.82, 2.24) is 0 Å². The number of carbonyl (C=O) groups is 1. The number of hydrogen-bond acceptors (Lipinski definition) is 1. The van der Waals surface area contributed by atoms with Gasteiger partial charge >= 0.3 is 0 Å². The number of allylic oxidation sites excluding steroid dienone is 1. The Bertz CT molecular complexity index is 279. The van der Waals surface area contributed by atoms with E-state index in [0.29, 0.717) is 29.5 Å². The van der Waals surface area contributed by atoms with Crippen molar-refractivity contribution in [2.75, 3.05) is 0 Å². The molecule has 1 nitrogen and oxygen atoms in total. The van der Waals surface area contributed by atoms with Gasteiger partial charge < -0.3 is 0 Å². The fourth-order valence-electron chi connectivity index (χ4n) is 3.80. The summed E-state index contributed by atoms with van der Waals surface area (Å²) in [6.45, 7) is 4.14. The second-order valence-electron chi connectivity index (χ2n) is 5.01. The van der Waals surface area contributed by atoms with Gasteiger partial charge in [0.25, 0.3) is 0 Å². The van der Waals surface area contributed by atoms with E-state index in [0.717, 1.165) is 12.8 Å². The molecule has 0 spiro atoms. The number of hydrogen-bond donors (Lipinski definition) is 0. The minimum Gasteiger partial charge on any atom is -0.299 e. The Morgan fingerprint density at radius 3 is 2.77 bits per heavy atom. The van der Waals surface area contributed by atoms with Crippen molar-refractivity contribution in [1.29, 1.82) is 0 Å². The summed E-state index contributed by atoms with van der Waals surface area (Å²) in [5.74, 6) is 2.65. The van der Waals surface area contributed by atoms with E-state index in [1.165, 1.54) is 24.8 Å². The van der Waals surface area contributed by atoms with Gasteiger partial charge in [-0.3, -0.25) is 4.79 Å². The average molecular weight is 176 g/mol. The molecule has 0 radical (unpaired) electrons. The van der Waals surface area contributed by atoms with Gasteiger partial charge in [-0.2, -0.15) is 0 Å². The van der Waals surface area contributed by atoms with E-state index < -0.39 is 0 Å². The third kappa shape index (κ3) is 0.905. The summed E-state index contributed by atoms with van der Waals surface area (Å²) in [6.07, 6.45) is 6.02. The third-order valence-corrected chi connectivity index (χ3v) is 4.42. The van der Waals surface area contributed by atoms with Gasteiger partial charge in [-0.25, -0.2) is 0 Å². The van der Waals surface area contributed by atoms with Gasteiger partial charge in [0.15, 0.2) is 0 Å². The fraction of sp³-hybridized carbons (Fsp3) is 0.750. The highest BCUT2D eigenvalue weighted by molar-refractivity contribution is 5.86. The summed E-state index contributed by atoms with van der Waals surface area (Å²) in [5.41, 5.74) is 1.38. The van der Waals surface area contributed by atoms with E-state index in [1.807, 2.05) is 0 Å². The summed E-state index contributed by atoms with van der Waals surface area (Å²) < 4.78 is 0. The monoisotopic (exact) mass is 176 g/mol. The molecule has 4 unspecified atom stereocenters. The maximum atomic E-state index is 12.0. The molecule has 0 amide bonds. The Balaban J connectivity index is 2.02. The predicted molar refractivity (Wildman–Crippen MR) is 51.2 cm³/mol. The van der Waals surface area contributed by atoms with Crippen LogP contribution in [0.3, 0.4) is 0 Å². The lowest BCUT2D eigenvalue weighted by molar-refractivity contribution is -0.135. The summed E-state index contributed by atoms with van der Waals surface area (Å²) >= 11 is 0. The Morgan fingerprint density at radius 1 is 1.15 bits per heavy atom. The molecular formula is C12H16O. The molecule has 0 heterocycles. The molecule has 0 aliphatic heterocycles. The quantitative estimate of drug-likeness (QED) is 0.518. The van der Waals surface area contributed by atoms with Gasteiger partial charge in [-0.1, -0.05) is 18.6 Å². The van der Waals surface area contributed by atoms with Crippen LogP contribution >= 0.6 is 0 Å². The van der Waals surface area contributed by atoms with Crippen molar-refractivity contribution in [2.45, 2.75) is 32.1 Å². The Morgan fingerprint density at radius 2 is 1.92 bits per heavy atom. The summed E-state index contributed by atoms with van der Waals surface area (Å²) in [4.78, 5) is 12.0. The van der Waals surface area contributed by atoms with E-state index in [9.17, 15) is 4.79 Å². The van der Waals surface area contributed by atoms with Gasteiger partial charge in [0.2, 0.25) is 0 Å². The molecule has 0 aromatic carbocycles. The maximum Gasteiger partial charge on any atom is 0.139 e. The average Bonchev–Trinajstić information content (AvgIpc) is 2.43. The molecule has 3 saturated carbocycles. The van der Waals surface area contributed by atoms with Gasteiger partial charge in [-0.05, 0) is 37.5 Å². The molecule has 70 valence electrons. The van der Waals surface area contributed by atoms with Gasteiger partial charge in [0, 0.05) is 11.8 Å². The zero-order valence-corrected chi connectivity index (χ0v) is 7.96. The first kappa shape index (κ1) is 7.78. The molecule has 3 fully saturated rings. The second-order valence-corrected chi connectivity index (χ2v) is 5.01. The van der Waals surface area contributed by atoms with Crippen LogP contribution in [0.1, 0.15) is 32.1 Å². The van der Waals surface area contributed by atoms with Crippen molar-refractivity contribution in [3.05, 3.63) is 12.2 Å². The smallest absolute Gasteiger partial charge is 0.139 e. The first-order chi connectivity index (χ1) is 6.27. The van der Waals surface area contributed by atoms with Crippen molar-refractivity contribution in [2.24, 2.45) is 23.7 Å². The summed E-state index contributed by atoms with van der Waals surface area (Å²) in [7, 11) is 0. The van der Waals surface area contributed by atoms with Crippen molar-refractivity contribution in [3.8, 4) is 0 Å². The largest absolute Gasteiger partial charge is 0.299 e. The van der Waals surface area contributed by atoms with Gasteiger partial charge in [0.1, 0.15) is 5.78 Å². The first-order valence-electron chi connectivity index (χ1n) is 5.49. The molecule has 0 aromatic rings. The van der Waals surface area contributed by atoms with Crippen LogP contribution in [0.5, 0.6) is 0 Å². The predicted octanol–water partition coefficient (Wildman–Crippen LogP) is 2.57. The van der Waals surface area contributed by atoms with Gasteiger partial charge in [0.05, 0.1) is 0 Å². The van der Waals surface area contributed by atoms with E-state index in [2.05, 4.69) is 6.58 Å². The molecule has 4 atom stereocenters. The van der Waals surface area contributed by atoms with Gasteiger partial charge in [-0.15, -0.1) is 0 Å². The zero-order chi connectivity index (χ0) is 9.00. The van der Waals surface area contributed by atoms with Crippen LogP contribution in [-0.4, -0.2) is 5.78 Å². The number of rotatable bonds is 0. The molecule has 0 aromatic heterocycles. The number of fused-ring (bicyclic) bond motifs is 6. The van der Waals surface area contributed by atoms with E-state index in [1.54, 1.807) is 0 Å². The van der Waals surface area contributed by atoms with E-state index >= 15 is 0 Å². The van der Waals surface area contributed by atoms with Crippen LogP contribution in [0, 0.1) is 23.7 Å². The minimum atomic E-state index is 0.380. The highest BCUT2D eigenvalue weighted by Gasteiger charge is 2.50. The van der Waals surface area contributed by atoms with Crippen molar-refractivity contribution in [3.63, 3.8) is 0 Å². The van der Waals surface area contributed by atoms with E-state index in [4.69, 9.17) is 0 Å². The molecule has 3 aliphatic rings. The highest BCUT2D eigenvalue weighted by Crippen LogP contribution is 2.53. The molecule has 1 heteroatoms. The maximum absolute atomic E-state index is 12.0. The number of ketones is 1. The van der Waals surface area contributed by atoms with E-state index in [-0.39, 0.29) is 0 Å². The molecule has 13 heavy (non-hydrogen) atoms. The zero-order valence-electron chi connectivity index (χ0n) is 7.96. The Labute approximate surface area is 79.2 Å². The third-order valence-electron chi connectivity index (χ3n) is 4.42. The lowest BCUT2D eigenvalue weighted by Crippen LogP contribution is -2.39. The standard InChI is InChI=1S/C12H16O/c1-7-5-8-6-11(7)10-4-2-3-9(8)12(10)13/h8-11H,1-6H2. The molecule has 3 aliphatic carbocycles. The normalized spacial score (nSPS) is 48.3. The first-order valence-corrected chi connectivity index (χ1v) is 5.49. The molecule has 4 bridgehead atoms. The SMILES string of the molecule is C=C1CC2CC1C1CCCC2C1=O.